The van der Waals surface area contributed by atoms with Crippen LogP contribution in [0.4, 0.5) is 0 Å². The molecule has 3 nitrogen and oxygen atoms in total. The van der Waals surface area contributed by atoms with Gasteiger partial charge in [0.15, 0.2) is 0 Å². The molecular weight excluding hydrogens is 360 g/mol. The van der Waals surface area contributed by atoms with Crippen LogP contribution in [0.25, 0.3) is 0 Å². The van der Waals surface area contributed by atoms with E-state index in [9.17, 15) is 4.79 Å². The molecule has 1 aromatic carbocycles. The van der Waals surface area contributed by atoms with E-state index in [0.29, 0.717) is 0 Å². The second-order valence-corrected chi connectivity index (χ2v) is 7.11. The average molecular weight is 380 g/mol. The minimum atomic E-state index is -0.949. The Labute approximate surface area is 139 Å². The van der Waals surface area contributed by atoms with Crippen molar-refractivity contribution < 1.29 is 4.79 Å². The Bertz CT molecular complexity index is 445. The van der Waals surface area contributed by atoms with Crippen LogP contribution in [0, 0.1) is 0 Å². The van der Waals surface area contributed by atoms with Crippen LogP contribution in [-0.2, 0) is 10.3 Å². The van der Waals surface area contributed by atoms with Crippen molar-refractivity contribution in [2.75, 3.05) is 24.6 Å². The fraction of sp³-hybridized carbons (Fsp3) is 0.500. The summed E-state index contributed by atoms with van der Waals surface area (Å²) in [5.41, 5.74) is 6.21. The second kappa shape index (κ2) is 7.69. The minimum Gasteiger partial charge on any atom is -0.340 e. The van der Waals surface area contributed by atoms with Crippen LogP contribution >= 0.6 is 40.1 Å². The summed E-state index contributed by atoms with van der Waals surface area (Å²) in [6.07, 6.45) is 1.05. The molecule has 1 fully saturated rings. The van der Waals surface area contributed by atoms with Gasteiger partial charge in [0.25, 0.3) is 0 Å². The lowest BCUT2D eigenvalue weighted by Crippen LogP contribution is -2.51. The summed E-state index contributed by atoms with van der Waals surface area (Å²) in [7, 11) is 0. The van der Waals surface area contributed by atoms with Crippen LogP contribution in [-0.4, -0.2) is 35.4 Å². The number of rotatable bonds is 2. The number of nitrogens with zero attached hydrogens (tertiary/aromatic N) is 1. The van der Waals surface area contributed by atoms with Crippen molar-refractivity contribution in [3.63, 3.8) is 0 Å². The Hall–Kier alpha value is -0.230. The van der Waals surface area contributed by atoms with Gasteiger partial charge in [0.1, 0.15) is 5.54 Å². The van der Waals surface area contributed by atoms with Crippen molar-refractivity contribution in [1.29, 1.82) is 0 Å². The Morgan fingerprint density at radius 3 is 2.60 bits per heavy atom. The average Bonchev–Trinajstić information content (AvgIpc) is 2.67. The van der Waals surface area contributed by atoms with Gasteiger partial charge in [-0.3, -0.25) is 4.79 Å². The zero-order valence-electron chi connectivity index (χ0n) is 11.5. The van der Waals surface area contributed by atoms with E-state index in [-0.39, 0.29) is 18.3 Å². The molecule has 1 unspecified atom stereocenters. The summed E-state index contributed by atoms with van der Waals surface area (Å²) in [4.78, 5) is 14.5. The van der Waals surface area contributed by atoms with Gasteiger partial charge in [-0.1, -0.05) is 28.1 Å². The molecule has 0 aromatic heterocycles. The van der Waals surface area contributed by atoms with E-state index in [2.05, 4.69) is 15.9 Å². The molecule has 2 N–H and O–H groups in total. The predicted molar refractivity (Wildman–Crippen MR) is 91.5 cm³/mol. The molecule has 2 rings (SSSR count). The summed E-state index contributed by atoms with van der Waals surface area (Å²) in [6, 6.07) is 7.67. The highest BCUT2D eigenvalue weighted by molar-refractivity contribution is 9.10. The largest absolute Gasteiger partial charge is 0.340 e. The molecule has 0 aliphatic carbocycles. The maximum absolute atomic E-state index is 12.6. The van der Waals surface area contributed by atoms with Gasteiger partial charge in [-0.2, -0.15) is 11.8 Å². The summed E-state index contributed by atoms with van der Waals surface area (Å²) < 4.78 is 0.991. The van der Waals surface area contributed by atoms with Gasteiger partial charge in [-0.25, -0.2) is 0 Å². The number of amides is 1. The summed E-state index contributed by atoms with van der Waals surface area (Å²) in [5, 5.41) is 0. The first-order valence-corrected chi connectivity index (χ1v) is 8.38. The molecule has 20 heavy (non-hydrogen) atoms. The normalized spacial score (nSPS) is 18.6. The van der Waals surface area contributed by atoms with Crippen molar-refractivity contribution in [2.45, 2.75) is 18.9 Å². The fourth-order valence-corrected chi connectivity index (χ4v) is 3.35. The maximum atomic E-state index is 12.6. The standard InChI is InChI=1S/C14H19BrN2OS.ClH/c1-14(16,11-3-5-12(15)6-4-11)13(18)17-7-2-9-19-10-8-17;/h3-6H,2,7-10,16H2,1H3;1H. The monoisotopic (exact) mass is 378 g/mol. The molecule has 112 valence electrons. The van der Waals surface area contributed by atoms with Crippen LogP contribution in [0.1, 0.15) is 18.9 Å². The number of hydrogen-bond acceptors (Lipinski definition) is 3. The van der Waals surface area contributed by atoms with E-state index in [0.717, 1.165) is 41.1 Å². The Morgan fingerprint density at radius 1 is 1.30 bits per heavy atom. The molecule has 0 saturated carbocycles. The fourth-order valence-electron chi connectivity index (χ4n) is 2.20. The molecule has 1 aliphatic heterocycles. The molecule has 1 heterocycles. The SMILES string of the molecule is CC(N)(C(=O)N1CCCSCC1)c1ccc(Br)cc1.Cl. The first-order chi connectivity index (χ1) is 9.01. The van der Waals surface area contributed by atoms with E-state index in [1.54, 1.807) is 6.92 Å². The predicted octanol–water partition coefficient (Wildman–Crippen LogP) is 3.01. The molecule has 0 spiro atoms. The topological polar surface area (TPSA) is 46.3 Å². The second-order valence-electron chi connectivity index (χ2n) is 4.97. The zero-order valence-corrected chi connectivity index (χ0v) is 14.7. The Morgan fingerprint density at radius 2 is 1.95 bits per heavy atom. The van der Waals surface area contributed by atoms with E-state index in [1.807, 2.05) is 40.9 Å². The van der Waals surface area contributed by atoms with Crippen LogP contribution in [0.2, 0.25) is 0 Å². The summed E-state index contributed by atoms with van der Waals surface area (Å²) in [5.74, 6) is 2.16. The Kier molecular flexibility index (Phi) is 6.85. The zero-order chi connectivity index (χ0) is 13.9. The van der Waals surface area contributed by atoms with Crippen molar-refractivity contribution >= 4 is 46.0 Å². The third-order valence-electron chi connectivity index (χ3n) is 3.40. The lowest BCUT2D eigenvalue weighted by Gasteiger charge is -2.31. The summed E-state index contributed by atoms with van der Waals surface area (Å²) >= 11 is 5.30. The molecule has 0 bridgehead atoms. The van der Waals surface area contributed by atoms with Crippen molar-refractivity contribution in [2.24, 2.45) is 5.73 Å². The summed E-state index contributed by atoms with van der Waals surface area (Å²) in [6.45, 7) is 3.42. The number of carbonyl (C=O) groups excluding carboxylic acids is 1. The Balaban J connectivity index is 0.00000200. The van der Waals surface area contributed by atoms with E-state index >= 15 is 0 Å². The highest BCUT2D eigenvalue weighted by Crippen LogP contribution is 2.24. The number of carbonyl (C=O) groups is 1. The molecule has 1 atom stereocenters. The lowest BCUT2D eigenvalue weighted by molar-refractivity contribution is -0.136. The van der Waals surface area contributed by atoms with Gasteiger partial charge >= 0.3 is 0 Å². The van der Waals surface area contributed by atoms with Crippen molar-refractivity contribution in [3.8, 4) is 0 Å². The number of hydrogen-bond donors (Lipinski definition) is 1. The molecule has 1 amide bonds. The smallest absolute Gasteiger partial charge is 0.247 e. The minimum absolute atomic E-state index is 0. The molecule has 6 heteroatoms. The van der Waals surface area contributed by atoms with Crippen molar-refractivity contribution in [3.05, 3.63) is 34.3 Å². The van der Waals surface area contributed by atoms with E-state index in [4.69, 9.17) is 5.73 Å². The van der Waals surface area contributed by atoms with Crippen LogP contribution in [0.3, 0.4) is 0 Å². The molecule has 1 aliphatic rings. The maximum Gasteiger partial charge on any atom is 0.247 e. The first-order valence-electron chi connectivity index (χ1n) is 6.44. The number of benzene rings is 1. The third kappa shape index (κ3) is 4.13. The van der Waals surface area contributed by atoms with Crippen molar-refractivity contribution in [1.82, 2.24) is 4.90 Å². The molecule has 1 aromatic rings. The molecule has 1 saturated heterocycles. The number of nitrogens with two attached hydrogens (primary N) is 1. The number of thioether (sulfide) groups is 1. The molecule has 0 radical (unpaired) electrons. The highest BCUT2D eigenvalue weighted by Gasteiger charge is 2.34. The third-order valence-corrected chi connectivity index (χ3v) is 4.97. The van der Waals surface area contributed by atoms with Gasteiger partial charge in [0, 0.05) is 23.3 Å². The van der Waals surface area contributed by atoms with Crippen LogP contribution in [0.15, 0.2) is 28.7 Å². The van der Waals surface area contributed by atoms with Gasteiger partial charge in [-0.15, -0.1) is 12.4 Å². The highest BCUT2D eigenvalue weighted by atomic mass is 79.9. The van der Waals surface area contributed by atoms with Gasteiger partial charge < -0.3 is 10.6 Å². The lowest BCUT2D eigenvalue weighted by atomic mass is 9.91. The number of halogens is 2. The van der Waals surface area contributed by atoms with Crippen LogP contribution in [0.5, 0.6) is 0 Å². The van der Waals surface area contributed by atoms with Gasteiger partial charge in [0.2, 0.25) is 5.91 Å². The van der Waals surface area contributed by atoms with E-state index in [1.165, 1.54) is 0 Å². The van der Waals surface area contributed by atoms with Crippen LogP contribution < -0.4 is 5.73 Å². The van der Waals surface area contributed by atoms with Gasteiger partial charge in [0.05, 0.1) is 0 Å². The quantitative estimate of drug-likeness (QED) is 0.859. The van der Waals surface area contributed by atoms with Gasteiger partial charge in [-0.05, 0) is 36.8 Å². The van der Waals surface area contributed by atoms with E-state index < -0.39 is 5.54 Å². The molecular formula is C14H20BrClN2OS. The first kappa shape index (κ1) is 17.8.